The molecule has 0 aromatic heterocycles. The Hall–Kier alpha value is -2.44. The summed E-state index contributed by atoms with van der Waals surface area (Å²) in [7, 11) is 1.22. The zero-order valence-corrected chi connectivity index (χ0v) is 10.9. The Labute approximate surface area is 115 Å². The van der Waals surface area contributed by atoms with Crippen molar-refractivity contribution in [3.63, 3.8) is 0 Å². The number of primary amides is 1. The lowest BCUT2D eigenvalue weighted by Crippen LogP contribution is -2.44. The summed E-state index contributed by atoms with van der Waals surface area (Å²) in [5.74, 6) is -2.50. The summed E-state index contributed by atoms with van der Waals surface area (Å²) in [6.07, 6.45) is -0.0450. The molecule has 20 heavy (non-hydrogen) atoms. The van der Waals surface area contributed by atoms with Gasteiger partial charge in [0, 0.05) is 12.0 Å². The molecule has 6 nitrogen and oxygen atoms in total. The molecule has 0 radical (unpaired) electrons. The number of hydrogen-bond donors (Lipinski definition) is 2. The summed E-state index contributed by atoms with van der Waals surface area (Å²) in [5.41, 5.74) is 5.20. The second-order valence-corrected chi connectivity index (χ2v) is 4.05. The van der Waals surface area contributed by atoms with Gasteiger partial charge in [-0.25, -0.2) is 4.39 Å². The van der Waals surface area contributed by atoms with Crippen molar-refractivity contribution in [3.8, 4) is 0 Å². The average molecular weight is 282 g/mol. The highest BCUT2D eigenvalue weighted by atomic mass is 19.1. The van der Waals surface area contributed by atoms with Gasteiger partial charge in [0.2, 0.25) is 5.91 Å². The van der Waals surface area contributed by atoms with E-state index in [9.17, 15) is 18.8 Å². The van der Waals surface area contributed by atoms with Crippen LogP contribution in [0.1, 0.15) is 23.2 Å². The fraction of sp³-hybridized carbons (Fsp3) is 0.308. The summed E-state index contributed by atoms with van der Waals surface area (Å²) in [5, 5.41) is 2.35. The van der Waals surface area contributed by atoms with Crippen molar-refractivity contribution in [2.45, 2.75) is 18.9 Å². The van der Waals surface area contributed by atoms with E-state index >= 15 is 0 Å². The molecule has 1 rings (SSSR count). The molecule has 0 unspecified atom stereocenters. The van der Waals surface area contributed by atoms with E-state index in [1.54, 1.807) is 0 Å². The van der Waals surface area contributed by atoms with Crippen molar-refractivity contribution >= 4 is 17.8 Å². The maximum absolute atomic E-state index is 13.0. The first kappa shape index (κ1) is 15.6. The van der Waals surface area contributed by atoms with Crippen LogP contribution in [0.2, 0.25) is 0 Å². The number of carbonyl (C=O) groups is 3. The predicted molar refractivity (Wildman–Crippen MR) is 68.1 cm³/mol. The summed E-state index contributed by atoms with van der Waals surface area (Å²) in [4.78, 5) is 34.0. The van der Waals surface area contributed by atoms with Crippen LogP contribution in [0.15, 0.2) is 24.3 Å². The Balaban J connectivity index is 2.68. The zero-order chi connectivity index (χ0) is 15.1. The SMILES string of the molecule is COC(=O)CC[C@@H](NC(=O)c1cccc(F)c1)C(N)=O. The second kappa shape index (κ2) is 7.22. The molecule has 7 heteroatoms. The Morgan fingerprint density at radius 1 is 1.40 bits per heavy atom. The van der Waals surface area contributed by atoms with Crippen LogP contribution >= 0.6 is 0 Å². The van der Waals surface area contributed by atoms with Gasteiger partial charge in [-0.3, -0.25) is 14.4 Å². The van der Waals surface area contributed by atoms with Gasteiger partial charge in [-0.2, -0.15) is 0 Å². The van der Waals surface area contributed by atoms with E-state index in [0.717, 1.165) is 6.07 Å². The maximum Gasteiger partial charge on any atom is 0.305 e. The van der Waals surface area contributed by atoms with Crippen LogP contribution in [0, 0.1) is 5.82 Å². The third-order valence-corrected chi connectivity index (χ3v) is 2.60. The largest absolute Gasteiger partial charge is 0.469 e. The van der Waals surface area contributed by atoms with Crippen LogP contribution in [0.5, 0.6) is 0 Å². The lowest BCUT2D eigenvalue weighted by Gasteiger charge is -2.14. The van der Waals surface area contributed by atoms with Crippen LogP contribution in [-0.4, -0.2) is 30.9 Å². The van der Waals surface area contributed by atoms with E-state index in [2.05, 4.69) is 10.1 Å². The van der Waals surface area contributed by atoms with E-state index in [-0.39, 0.29) is 18.4 Å². The van der Waals surface area contributed by atoms with E-state index < -0.39 is 29.6 Å². The number of benzene rings is 1. The number of hydrogen-bond acceptors (Lipinski definition) is 4. The maximum atomic E-state index is 13.0. The van der Waals surface area contributed by atoms with E-state index in [0.29, 0.717) is 0 Å². The van der Waals surface area contributed by atoms with Crippen molar-refractivity contribution < 1.29 is 23.5 Å². The van der Waals surface area contributed by atoms with E-state index in [1.165, 1.54) is 25.3 Å². The molecule has 0 aliphatic heterocycles. The predicted octanol–water partition coefficient (Wildman–Crippen LogP) is 0.363. The van der Waals surface area contributed by atoms with Gasteiger partial charge in [0.1, 0.15) is 11.9 Å². The van der Waals surface area contributed by atoms with Crippen molar-refractivity contribution in [2.24, 2.45) is 5.73 Å². The van der Waals surface area contributed by atoms with Gasteiger partial charge < -0.3 is 15.8 Å². The summed E-state index contributed by atoms with van der Waals surface area (Å²) < 4.78 is 17.4. The highest BCUT2D eigenvalue weighted by Gasteiger charge is 2.20. The van der Waals surface area contributed by atoms with Gasteiger partial charge in [-0.15, -0.1) is 0 Å². The minimum absolute atomic E-state index is 0.0169. The molecule has 0 saturated carbocycles. The van der Waals surface area contributed by atoms with Gasteiger partial charge in [0.25, 0.3) is 5.91 Å². The molecular formula is C13H15FN2O4. The van der Waals surface area contributed by atoms with Crippen LogP contribution in [-0.2, 0) is 14.3 Å². The molecule has 0 aliphatic rings. The Morgan fingerprint density at radius 3 is 2.65 bits per heavy atom. The molecule has 0 heterocycles. The molecular weight excluding hydrogens is 267 g/mol. The number of halogens is 1. The van der Waals surface area contributed by atoms with Gasteiger partial charge >= 0.3 is 5.97 Å². The molecule has 1 aromatic carbocycles. The van der Waals surface area contributed by atoms with Crippen molar-refractivity contribution in [1.82, 2.24) is 5.32 Å². The molecule has 2 amide bonds. The second-order valence-electron chi connectivity index (χ2n) is 4.05. The minimum atomic E-state index is -1.02. The first-order valence-corrected chi connectivity index (χ1v) is 5.86. The third-order valence-electron chi connectivity index (χ3n) is 2.60. The normalized spacial score (nSPS) is 11.5. The molecule has 1 aromatic rings. The number of rotatable bonds is 6. The van der Waals surface area contributed by atoms with Crippen LogP contribution in [0.25, 0.3) is 0 Å². The zero-order valence-electron chi connectivity index (χ0n) is 10.9. The molecule has 0 aliphatic carbocycles. The van der Waals surface area contributed by atoms with Crippen LogP contribution < -0.4 is 11.1 Å². The van der Waals surface area contributed by atoms with Crippen molar-refractivity contribution in [1.29, 1.82) is 0 Å². The number of ether oxygens (including phenoxy) is 1. The molecule has 0 saturated heterocycles. The summed E-state index contributed by atoms with van der Waals surface area (Å²) in [6.45, 7) is 0. The topological polar surface area (TPSA) is 98.5 Å². The Kier molecular flexibility index (Phi) is 5.64. The lowest BCUT2D eigenvalue weighted by atomic mass is 10.1. The Bertz CT molecular complexity index is 519. The smallest absolute Gasteiger partial charge is 0.305 e. The molecule has 1 atom stereocenters. The summed E-state index contributed by atoms with van der Waals surface area (Å²) >= 11 is 0. The quantitative estimate of drug-likeness (QED) is 0.736. The third kappa shape index (κ3) is 4.68. The molecule has 3 N–H and O–H groups in total. The monoisotopic (exact) mass is 282 g/mol. The number of amides is 2. The van der Waals surface area contributed by atoms with Crippen LogP contribution in [0.4, 0.5) is 4.39 Å². The van der Waals surface area contributed by atoms with Crippen molar-refractivity contribution in [2.75, 3.05) is 7.11 Å². The number of esters is 1. The fourth-order valence-electron chi connectivity index (χ4n) is 1.52. The first-order valence-electron chi connectivity index (χ1n) is 5.86. The van der Waals surface area contributed by atoms with Gasteiger partial charge in [0.15, 0.2) is 0 Å². The first-order chi connectivity index (χ1) is 9.43. The van der Waals surface area contributed by atoms with Crippen LogP contribution in [0.3, 0.4) is 0 Å². The molecule has 108 valence electrons. The number of nitrogens with two attached hydrogens (primary N) is 1. The molecule has 0 fully saturated rings. The van der Waals surface area contributed by atoms with E-state index in [1.807, 2.05) is 0 Å². The highest BCUT2D eigenvalue weighted by molar-refractivity contribution is 5.97. The van der Waals surface area contributed by atoms with Gasteiger partial charge in [-0.1, -0.05) is 6.07 Å². The van der Waals surface area contributed by atoms with E-state index in [4.69, 9.17) is 5.73 Å². The lowest BCUT2D eigenvalue weighted by molar-refractivity contribution is -0.140. The number of nitrogens with one attached hydrogen (secondary N) is 1. The number of methoxy groups -OCH3 is 1. The minimum Gasteiger partial charge on any atom is -0.469 e. The van der Waals surface area contributed by atoms with Gasteiger partial charge in [0.05, 0.1) is 7.11 Å². The average Bonchev–Trinajstić information content (AvgIpc) is 2.42. The fourth-order valence-corrected chi connectivity index (χ4v) is 1.52. The standard InChI is InChI=1S/C13H15FN2O4/c1-20-11(17)6-5-10(12(15)18)16-13(19)8-3-2-4-9(14)7-8/h2-4,7,10H,5-6H2,1H3,(H2,15,18)(H,16,19)/t10-/m1/s1. The Morgan fingerprint density at radius 2 is 2.10 bits per heavy atom. The molecule has 0 bridgehead atoms. The van der Waals surface area contributed by atoms with Gasteiger partial charge in [-0.05, 0) is 24.6 Å². The highest BCUT2D eigenvalue weighted by Crippen LogP contribution is 2.05. The van der Waals surface area contributed by atoms with Crippen molar-refractivity contribution in [3.05, 3.63) is 35.6 Å². The summed E-state index contributed by atoms with van der Waals surface area (Å²) in [6, 6.07) is 3.98. The molecule has 0 spiro atoms. The number of carbonyl (C=O) groups excluding carboxylic acids is 3.